The monoisotopic (exact) mass is 282 g/mol. The van der Waals surface area contributed by atoms with Crippen LogP contribution in [0.3, 0.4) is 0 Å². The van der Waals surface area contributed by atoms with E-state index in [2.05, 4.69) is 9.47 Å². The Bertz CT molecular complexity index is 395. The molecule has 0 aliphatic carbocycles. The highest BCUT2D eigenvalue weighted by Gasteiger charge is 2.19. The van der Waals surface area contributed by atoms with Gasteiger partial charge in [-0.15, -0.1) is 0 Å². The summed E-state index contributed by atoms with van der Waals surface area (Å²) in [6.45, 7) is 11.7. The highest BCUT2D eigenvalue weighted by atomic mass is 16.5. The number of hydrogen-bond donors (Lipinski definition) is 0. The quantitative estimate of drug-likeness (QED) is 0.771. The fraction of sp³-hybridized carbons (Fsp3) is 0.500. The molecule has 0 N–H and O–H groups in total. The Labute approximate surface area is 122 Å². The van der Waals surface area contributed by atoms with Crippen LogP contribution in [0.15, 0.2) is 12.1 Å². The first-order chi connectivity index (χ1) is 9.51. The van der Waals surface area contributed by atoms with Gasteiger partial charge >= 0.3 is 11.9 Å². The van der Waals surface area contributed by atoms with Crippen molar-refractivity contribution in [2.75, 3.05) is 14.2 Å². The summed E-state index contributed by atoms with van der Waals surface area (Å²) < 4.78 is 9.24. The van der Waals surface area contributed by atoms with E-state index in [1.165, 1.54) is 14.2 Å². The number of carbonyl (C=O) groups is 2. The topological polar surface area (TPSA) is 52.6 Å². The third kappa shape index (κ3) is 5.43. The van der Waals surface area contributed by atoms with Gasteiger partial charge in [0.25, 0.3) is 0 Å². The Morgan fingerprint density at radius 1 is 0.750 bits per heavy atom. The van der Waals surface area contributed by atoms with Gasteiger partial charge in [0, 0.05) is 0 Å². The van der Waals surface area contributed by atoms with Crippen molar-refractivity contribution in [1.29, 1.82) is 0 Å². The van der Waals surface area contributed by atoms with E-state index in [9.17, 15) is 9.59 Å². The molecule has 0 spiro atoms. The van der Waals surface area contributed by atoms with Gasteiger partial charge < -0.3 is 9.47 Å². The number of esters is 2. The zero-order valence-electron chi connectivity index (χ0n) is 13.8. The molecule has 0 amide bonds. The Morgan fingerprint density at radius 2 is 1.00 bits per heavy atom. The summed E-state index contributed by atoms with van der Waals surface area (Å²) in [5.41, 5.74) is 2.32. The first-order valence-electron chi connectivity index (χ1n) is 6.79. The van der Waals surface area contributed by atoms with E-state index in [0.717, 1.165) is 11.1 Å². The number of ether oxygens (including phenoxy) is 2. The normalized spacial score (nSPS) is 8.40. The second-order valence-corrected chi connectivity index (χ2v) is 3.47. The summed E-state index contributed by atoms with van der Waals surface area (Å²) in [7, 11) is 2.55. The number of carbonyl (C=O) groups excluding carboxylic acids is 2. The molecule has 1 aromatic carbocycles. The van der Waals surface area contributed by atoms with Gasteiger partial charge in [-0.25, -0.2) is 9.59 Å². The standard InChI is InChI=1S/C12H14O4.2C2H6/c1-7-5-9(11(13)15-3)10(6-8(7)2)12(14)16-4;2*1-2/h5-6H,1-4H3;2*1-2H3. The van der Waals surface area contributed by atoms with Crippen LogP contribution >= 0.6 is 0 Å². The van der Waals surface area contributed by atoms with Crippen molar-refractivity contribution >= 4 is 11.9 Å². The minimum Gasteiger partial charge on any atom is -0.465 e. The van der Waals surface area contributed by atoms with E-state index in [0.29, 0.717) is 0 Å². The minimum atomic E-state index is -0.538. The molecule has 0 radical (unpaired) electrons. The largest absolute Gasteiger partial charge is 0.465 e. The lowest BCUT2D eigenvalue weighted by atomic mass is 10.00. The Hall–Kier alpha value is -1.84. The SMILES string of the molecule is CC.CC.COC(=O)c1cc(C)c(C)cc1C(=O)OC. The fourth-order valence-electron chi connectivity index (χ4n) is 1.37. The van der Waals surface area contributed by atoms with E-state index in [4.69, 9.17) is 0 Å². The highest BCUT2D eigenvalue weighted by Crippen LogP contribution is 2.17. The zero-order valence-corrected chi connectivity index (χ0v) is 13.8. The molecule has 0 saturated carbocycles. The zero-order chi connectivity index (χ0) is 16.3. The van der Waals surface area contributed by atoms with E-state index in [1.54, 1.807) is 12.1 Å². The molecular formula is C16H26O4. The lowest BCUT2D eigenvalue weighted by molar-refractivity contribution is 0.0555. The molecule has 0 fully saturated rings. The van der Waals surface area contributed by atoms with Gasteiger partial charge in [-0.3, -0.25) is 0 Å². The number of benzene rings is 1. The van der Waals surface area contributed by atoms with Crippen molar-refractivity contribution in [3.8, 4) is 0 Å². The molecule has 0 atom stereocenters. The first kappa shape index (κ1) is 20.5. The summed E-state index contributed by atoms with van der Waals surface area (Å²) >= 11 is 0. The molecule has 1 rings (SSSR count). The summed E-state index contributed by atoms with van der Waals surface area (Å²) in [6, 6.07) is 3.26. The molecule has 0 saturated heterocycles. The maximum atomic E-state index is 11.5. The van der Waals surface area contributed by atoms with Crippen LogP contribution in [0.5, 0.6) is 0 Å². The molecular weight excluding hydrogens is 256 g/mol. The van der Waals surface area contributed by atoms with E-state index in [1.807, 2.05) is 41.5 Å². The maximum absolute atomic E-state index is 11.5. The van der Waals surface area contributed by atoms with Gasteiger partial charge in [0.2, 0.25) is 0 Å². The average molecular weight is 282 g/mol. The van der Waals surface area contributed by atoms with E-state index >= 15 is 0 Å². The number of aryl methyl sites for hydroxylation is 2. The summed E-state index contributed by atoms with van der Waals surface area (Å²) in [6.07, 6.45) is 0. The van der Waals surface area contributed by atoms with Crippen molar-refractivity contribution in [1.82, 2.24) is 0 Å². The highest BCUT2D eigenvalue weighted by molar-refractivity contribution is 6.03. The fourth-order valence-corrected chi connectivity index (χ4v) is 1.37. The lowest BCUT2D eigenvalue weighted by Gasteiger charge is -2.09. The molecule has 4 heteroatoms. The minimum absolute atomic E-state index is 0.234. The molecule has 20 heavy (non-hydrogen) atoms. The maximum Gasteiger partial charge on any atom is 0.338 e. The van der Waals surface area contributed by atoms with Crippen LogP contribution < -0.4 is 0 Å². The molecule has 0 heterocycles. The molecule has 0 aliphatic heterocycles. The van der Waals surface area contributed by atoms with Crippen molar-refractivity contribution in [3.63, 3.8) is 0 Å². The number of methoxy groups -OCH3 is 2. The van der Waals surface area contributed by atoms with Gasteiger partial charge in [0.1, 0.15) is 0 Å². The molecule has 0 aliphatic rings. The molecule has 4 nitrogen and oxygen atoms in total. The van der Waals surface area contributed by atoms with Crippen LogP contribution in [0.2, 0.25) is 0 Å². The van der Waals surface area contributed by atoms with Gasteiger partial charge in [-0.05, 0) is 37.1 Å². The van der Waals surface area contributed by atoms with E-state index in [-0.39, 0.29) is 11.1 Å². The smallest absolute Gasteiger partial charge is 0.338 e. The summed E-state index contributed by atoms with van der Waals surface area (Å²) in [5.74, 6) is -1.08. The molecule has 1 aromatic rings. The molecule has 114 valence electrons. The van der Waals surface area contributed by atoms with Crippen molar-refractivity contribution in [2.24, 2.45) is 0 Å². The van der Waals surface area contributed by atoms with Gasteiger partial charge in [-0.1, -0.05) is 27.7 Å². The van der Waals surface area contributed by atoms with Crippen LogP contribution in [-0.2, 0) is 9.47 Å². The number of rotatable bonds is 2. The number of hydrogen-bond acceptors (Lipinski definition) is 4. The van der Waals surface area contributed by atoms with Crippen LogP contribution in [0.1, 0.15) is 59.5 Å². The second kappa shape index (κ2) is 11.0. The molecule has 0 unspecified atom stereocenters. The van der Waals surface area contributed by atoms with Crippen LogP contribution in [0, 0.1) is 13.8 Å². The van der Waals surface area contributed by atoms with Crippen molar-refractivity contribution in [3.05, 3.63) is 34.4 Å². The molecule has 0 aromatic heterocycles. The van der Waals surface area contributed by atoms with Gasteiger partial charge in [0.05, 0.1) is 25.3 Å². The second-order valence-electron chi connectivity index (χ2n) is 3.47. The first-order valence-corrected chi connectivity index (χ1v) is 6.79. The third-order valence-electron chi connectivity index (χ3n) is 2.44. The average Bonchev–Trinajstić information content (AvgIpc) is 2.51. The Balaban J connectivity index is 0. The van der Waals surface area contributed by atoms with Gasteiger partial charge in [-0.2, -0.15) is 0 Å². The summed E-state index contributed by atoms with van der Waals surface area (Å²) in [4.78, 5) is 23.0. The Kier molecular flexibility index (Phi) is 11.3. The van der Waals surface area contributed by atoms with Crippen molar-refractivity contribution < 1.29 is 19.1 Å². The molecule has 0 bridgehead atoms. The van der Waals surface area contributed by atoms with Crippen LogP contribution in [0.4, 0.5) is 0 Å². The predicted molar refractivity (Wildman–Crippen MR) is 81.3 cm³/mol. The van der Waals surface area contributed by atoms with Crippen LogP contribution in [-0.4, -0.2) is 26.2 Å². The van der Waals surface area contributed by atoms with Gasteiger partial charge in [0.15, 0.2) is 0 Å². The summed E-state index contributed by atoms with van der Waals surface area (Å²) in [5, 5.41) is 0. The lowest BCUT2D eigenvalue weighted by Crippen LogP contribution is -2.12. The Morgan fingerprint density at radius 3 is 1.20 bits per heavy atom. The third-order valence-corrected chi connectivity index (χ3v) is 2.44. The predicted octanol–water partition coefficient (Wildman–Crippen LogP) is 3.93. The van der Waals surface area contributed by atoms with Crippen molar-refractivity contribution in [2.45, 2.75) is 41.5 Å². The van der Waals surface area contributed by atoms with Crippen LogP contribution in [0.25, 0.3) is 0 Å². The van der Waals surface area contributed by atoms with E-state index < -0.39 is 11.9 Å².